The van der Waals surface area contributed by atoms with Gasteiger partial charge in [-0.15, -0.1) is 0 Å². The van der Waals surface area contributed by atoms with Crippen LogP contribution in [0.5, 0.6) is 0 Å². The van der Waals surface area contributed by atoms with Crippen LogP contribution < -0.4 is 5.56 Å². The van der Waals surface area contributed by atoms with Crippen molar-refractivity contribution in [3.05, 3.63) is 31.6 Å². The smallest absolute Gasteiger partial charge is 0.264 e. The average molecular weight is 338 g/mol. The molecule has 0 aliphatic rings. The number of pyridine rings is 1. The molecule has 0 saturated carbocycles. The summed E-state index contributed by atoms with van der Waals surface area (Å²) in [4.78, 5) is 13.8. The molecule has 1 heterocycles. The first-order valence-corrected chi connectivity index (χ1v) is 6.29. The van der Waals surface area contributed by atoms with Crippen molar-refractivity contribution in [2.24, 2.45) is 0 Å². The Kier molecular flexibility index (Phi) is 5.02. The minimum absolute atomic E-state index is 0.0250. The molecule has 1 aromatic rings. The number of aryl methyl sites for hydroxylation is 1. The summed E-state index contributed by atoms with van der Waals surface area (Å²) in [6, 6.07) is 1.77. The summed E-state index contributed by atoms with van der Waals surface area (Å²) in [5, 5.41) is 0. The molecule has 0 aliphatic carbocycles. The maximum Gasteiger partial charge on any atom is 0.264 e. The van der Waals surface area contributed by atoms with E-state index in [9.17, 15) is 4.79 Å². The third-order valence-corrected chi connectivity index (χ3v) is 3.02. The van der Waals surface area contributed by atoms with Crippen LogP contribution >= 0.6 is 31.9 Å². The van der Waals surface area contributed by atoms with Crippen molar-refractivity contribution in [1.82, 2.24) is 9.47 Å². The van der Waals surface area contributed by atoms with Gasteiger partial charge in [0.05, 0.1) is 4.47 Å². The molecule has 0 unspecified atom stereocenters. The maximum atomic E-state index is 11.7. The minimum atomic E-state index is 0.0250. The van der Waals surface area contributed by atoms with Gasteiger partial charge in [0.25, 0.3) is 5.56 Å². The van der Waals surface area contributed by atoms with E-state index in [1.165, 1.54) is 0 Å². The second-order valence-corrected chi connectivity index (χ2v) is 5.43. The van der Waals surface area contributed by atoms with Crippen LogP contribution in [0.1, 0.15) is 6.42 Å². The quantitative estimate of drug-likeness (QED) is 0.842. The highest BCUT2D eigenvalue weighted by atomic mass is 79.9. The molecule has 0 saturated heterocycles. The summed E-state index contributed by atoms with van der Waals surface area (Å²) in [6.45, 7) is 1.73. The van der Waals surface area contributed by atoms with Crippen LogP contribution in [0.25, 0.3) is 0 Å². The molecule has 0 aromatic carbocycles. The van der Waals surface area contributed by atoms with Gasteiger partial charge in [-0.05, 0) is 65.0 Å². The normalized spacial score (nSPS) is 11.0. The predicted octanol–water partition coefficient (Wildman–Crippen LogP) is 2.33. The summed E-state index contributed by atoms with van der Waals surface area (Å²) in [5.74, 6) is 0. The van der Waals surface area contributed by atoms with Crippen molar-refractivity contribution in [1.29, 1.82) is 0 Å². The highest BCUT2D eigenvalue weighted by Crippen LogP contribution is 2.12. The fourth-order valence-corrected chi connectivity index (χ4v) is 2.55. The van der Waals surface area contributed by atoms with E-state index in [1.54, 1.807) is 10.6 Å². The van der Waals surface area contributed by atoms with E-state index in [4.69, 9.17) is 0 Å². The van der Waals surface area contributed by atoms with Gasteiger partial charge in [-0.2, -0.15) is 0 Å². The van der Waals surface area contributed by atoms with E-state index < -0.39 is 0 Å². The van der Waals surface area contributed by atoms with Gasteiger partial charge in [-0.1, -0.05) is 0 Å². The van der Waals surface area contributed by atoms with Crippen LogP contribution in [0.15, 0.2) is 26.0 Å². The minimum Gasteiger partial charge on any atom is -0.313 e. The molecule has 1 aromatic heterocycles. The number of rotatable bonds is 4. The largest absolute Gasteiger partial charge is 0.313 e. The van der Waals surface area contributed by atoms with Gasteiger partial charge in [-0.3, -0.25) is 4.79 Å². The summed E-state index contributed by atoms with van der Waals surface area (Å²) in [5.41, 5.74) is 0.0250. The van der Waals surface area contributed by atoms with E-state index in [0.717, 1.165) is 24.0 Å². The Morgan fingerprint density at radius 3 is 2.67 bits per heavy atom. The third kappa shape index (κ3) is 4.09. The summed E-state index contributed by atoms with van der Waals surface area (Å²) in [7, 11) is 4.05. The molecule has 0 aliphatic heterocycles. The Labute approximate surface area is 106 Å². The van der Waals surface area contributed by atoms with Crippen molar-refractivity contribution >= 4 is 31.9 Å². The van der Waals surface area contributed by atoms with Crippen LogP contribution in [0, 0.1) is 0 Å². The van der Waals surface area contributed by atoms with E-state index in [2.05, 4.69) is 36.8 Å². The number of nitrogens with zero attached hydrogens (tertiary/aromatic N) is 2. The first kappa shape index (κ1) is 12.9. The summed E-state index contributed by atoms with van der Waals surface area (Å²) >= 11 is 6.61. The van der Waals surface area contributed by atoms with Crippen molar-refractivity contribution in [2.45, 2.75) is 13.0 Å². The van der Waals surface area contributed by atoms with E-state index in [-0.39, 0.29) is 5.56 Å². The standard InChI is InChI=1S/C10H14Br2N2O/c1-13(2)4-3-5-14-7-8(11)6-9(12)10(14)15/h6-7H,3-5H2,1-2H3. The van der Waals surface area contributed by atoms with E-state index in [1.807, 2.05) is 20.3 Å². The zero-order chi connectivity index (χ0) is 11.4. The fraction of sp³-hybridized carbons (Fsp3) is 0.500. The fourth-order valence-electron chi connectivity index (χ4n) is 1.29. The lowest BCUT2D eigenvalue weighted by Crippen LogP contribution is -2.22. The van der Waals surface area contributed by atoms with Gasteiger partial charge >= 0.3 is 0 Å². The number of hydrogen-bond acceptors (Lipinski definition) is 2. The van der Waals surface area contributed by atoms with Crippen molar-refractivity contribution in [2.75, 3.05) is 20.6 Å². The van der Waals surface area contributed by atoms with Crippen molar-refractivity contribution in [3.63, 3.8) is 0 Å². The first-order valence-electron chi connectivity index (χ1n) is 4.71. The van der Waals surface area contributed by atoms with Crippen LogP contribution in [0.4, 0.5) is 0 Å². The Balaban J connectivity index is 2.73. The molecule has 0 atom stereocenters. The highest BCUT2D eigenvalue weighted by Gasteiger charge is 2.02. The predicted molar refractivity (Wildman–Crippen MR) is 69.3 cm³/mol. The van der Waals surface area contributed by atoms with Gasteiger partial charge in [0.15, 0.2) is 0 Å². The average Bonchev–Trinajstić information content (AvgIpc) is 2.12. The zero-order valence-corrected chi connectivity index (χ0v) is 12.0. The monoisotopic (exact) mass is 336 g/mol. The third-order valence-electron chi connectivity index (χ3n) is 2.01. The van der Waals surface area contributed by atoms with Crippen LogP contribution in [-0.2, 0) is 6.54 Å². The topological polar surface area (TPSA) is 25.2 Å². The van der Waals surface area contributed by atoms with Gasteiger partial charge in [-0.25, -0.2) is 0 Å². The molecule has 5 heteroatoms. The van der Waals surface area contributed by atoms with Crippen LogP contribution in [0.3, 0.4) is 0 Å². The number of hydrogen-bond donors (Lipinski definition) is 0. The molecular formula is C10H14Br2N2O. The summed E-state index contributed by atoms with van der Waals surface area (Å²) in [6.07, 6.45) is 2.79. The molecule has 0 radical (unpaired) electrons. The highest BCUT2D eigenvalue weighted by molar-refractivity contribution is 9.11. The van der Waals surface area contributed by atoms with Crippen molar-refractivity contribution < 1.29 is 0 Å². The lowest BCUT2D eigenvalue weighted by Gasteiger charge is -2.11. The number of halogens is 2. The molecule has 0 N–H and O–H groups in total. The Bertz CT molecular complexity index is 387. The molecule has 3 nitrogen and oxygen atoms in total. The Hall–Kier alpha value is -0.130. The summed E-state index contributed by atoms with van der Waals surface area (Å²) < 4.78 is 3.23. The molecule has 0 amide bonds. The molecule has 0 spiro atoms. The van der Waals surface area contributed by atoms with Gasteiger partial charge in [0.2, 0.25) is 0 Å². The SMILES string of the molecule is CN(C)CCCn1cc(Br)cc(Br)c1=O. The molecular weight excluding hydrogens is 324 g/mol. The molecule has 84 valence electrons. The number of aromatic nitrogens is 1. The lowest BCUT2D eigenvalue weighted by molar-refractivity contribution is 0.384. The van der Waals surface area contributed by atoms with Crippen LogP contribution in [0.2, 0.25) is 0 Å². The van der Waals surface area contributed by atoms with Crippen LogP contribution in [-0.4, -0.2) is 30.1 Å². The van der Waals surface area contributed by atoms with Gasteiger partial charge in [0, 0.05) is 17.2 Å². The second-order valence-electron chi connectivity index (χ2n) is 3.66. The van der Waals surface area contributed by atoms with Gasteiger partial charge in [0.1, 0.15) is 0 Å². The second kappa shape index (κ2) is 5.82. The van der Waals surface area contributed by atoms with E-state index >= 15 is 0 Å². The Morgan fingerprint density at radius 1 is 1.40 bits per heavy atom. The zero-order valence-electron chi connectivity index (χ0n) is 8.83. The Morgan fingerprint density at radius 2 is 2.07 bits per heavy atom. The first-order chi connectivity index (χ1) is 7.00. The van der Waals surface area contributed by atoms with Crippen molar-refractivity contribution in [3.8, 4) is 0 Å². The van der Waals surface area contributed by atoms with Gasteiger partial charge < -0.3 is 9.47 Å². The molecule has 15 heavy (non-hydrogen) atoms. The maximum absolute atomic E-state index is 11.7. The molecule has 0 bridgehead atoms. The van der Waals surface area contributed by atoms with E-state index in [0.29, 0.717) is 4.47 Å². The molecule has 1 rings (SSSR count). The molecule has 0 fully saturated rings. The lowest BCUT2D eigenvalue weighted by atomic mass is 10.4.